The predicted octanol–water partition coefficient (Wildman–Crippen LogP) is 2.38. The van der Waals surface area contributed by atoms with Gasteiger partial charge in [0.15, 0.2) is 0 Å². The second kappa shape index (κ2) is 5.50. The minimum absolute atomic E-state index is 0.0840. The Kier molecular flexibility index (Phi) is 4.25. The number of hydrogen-bond donors (Lipinski definition) is 1. The molecule has 2 fully saturated rings. The van der Waals surface area contributed by atoms with Gasteiger partial charge in [-0.2, -0.15) is 0 Å². The second-order valence-corrected chi connectivity index (χ2v) is 6.10. The van der Waals surface area contributed by atoms with Crippen LogP contribution in [0.4, 0.5) is 0 Å². The third kappa shape index (κ3) is 2.98. The Morgan fingerprint density at radius 3 is 2.62 bits per heavy atom. The Morgan fingerprint density at radius 1 is 1.25 bits per heavy atom. The molecule has 0 aromatic rings. The quantitative estimate of drug-likeness (QED) is 0.793. The molecule has 1 heterocycles. The van der Waals surface area contributed by atoms with Crippen LogP contribution in [0.15, 0.2) is 0 Å². The van der Waals surface area contributed by atoms with Crippen LogP contribution in [0, 0.1) is 0 Å². The number of ether oxygens (including phenoxy) is 1. The van der Waals surface area contributed by atoms with Gasteiger partial charge in [-0.15, -0.1) is 0 Å². The number of carbonyl (C=O) groups excluding carboxylic acids is 1. The van der Waals surface area contributed by atoms with Crippen molar-refractivity contribution in [1.29, 1.82) is 0 Å². The van der Waals surface area contributed by atoms with Gasteiger partial charge < -0.3 is 10.1 Å². The Bertz CT molecular complexity index is 259. The summed E-state index contributed by atoms with van der Waals surface area (Å²) >= 11 is 3.65. The van der Waals surface area contributed by atoms with Gasteiger partial charge in [-0.3, -0.25) is 4.79 Å². The summed E-state index contributed by atoms with van der Waals surface area (Å²) in [6.45, 7) is 2.03. The van der Waals surface area contributed by atoms with Crippen LogP contribution in [0.5, 0.6) is 0 Å². The second-order valence-electron chi connectivity index (χ2n) is 4.93. The molecule has 2 rings (SSSR count). The molecule has 2 aliphatic rings. The number of rotatable bonds is 2. The molecule has 1 aliphatic carbocycles. The molecule has 92 valence electrons. The van der Waals surface area contributed by atoms with E-state index in [2.05, 4.69) is 21.2 Å². The van der Waals surface area contributed by atoms with Crippen molar-refractivity contribution in [1.82, 2.24) is 5.32 Å². The number of alkyl halides is 1. The first kappa shape index (κ1) is 12.4. The van der Waals surface area contributed by atoms with Crippen LogP contribution in [0.3, 0.4) is 0 Å². The summed E-state index contributed by atoms with van der Waals surface area (Å²) in [6.07, 6.45) is 6.62. The van der Waals surface area contributed by atoms with E-state index in [1.54, 1.807) is 0 Å². The van der Waals surface area contributed by atoms with E-state index in [1.807, 2.05) is 6.92 Å². The van der Waals surface area contributed by atoms with Gasteiger partial charge in [-0.1, -0.05) is 28.8 Å². The zero-order chi connectivity index (χ0) is 11.5. The van der Waals surface area contributed by atoms with Gasteiger partial charge in [0, 0.05) is 10.9 Å². The van der Waals surface area contributed by atoms with Crippen molar-refractivity contribution in [3.63, 3.8) is 0 Å². The number of carbonyl (C=O) groups is 1. The molecule has 4 unspecified atom stereocenters. The molecule has 0 bridgehead atoms. The molecule has 4 atom stereocenters. The maximum absolute atomic E-state index is 11.9. The molecule has 1 saturated heterocycles. The van der Waals surface area contributed by atoms with Gasteiger partial charge in [0.25, 0.3) is 0 Å². The topological polar surface area (TPSA) is 38.3 Å². The molecule has 0 spiro atoms. The molecule has 0 radical (unpaired) electrons. The normalized spacial score (nSPS) is 39.6. The first-order valence-electron chi connectivity index (χ1n) is 6.26. The lowest BCUT2D eigenvalue weighted by Crippen LogP contribution is -2.46. The van der Waals surface area contributed by atoms with Crippen LogP contribution in [0.25, 0.3) is 0 Å². The van der Waals surface area contributed by atoms with Crippen molar-refractivity contribution in [2.75, 3.05) is 0 Å². The summed E-state index contributed by atoms with van der Waals surface area (Å²) in [7, 11) is 0. The monoisotopic (exact) mass is 289 g/mol. The number of halogens is 1. The molecular formula is C12H20BrNO2. The lowest BCUT2D eigenvalue weighted by molar-refractivity contribution is -0.132. The SMILES string of the molecule is CC1CCC(C(=O)NC2CCCCC2Br)O1. The van der Waals surface area contributed by atoms with E-state index >= 15 is 0 Å². The van der Waals surface area contributed by atoms with Crippen molar-refractivity contribution < 1.29 is 9.53 Å². The van der Waals surface area contributed by atoms with Crippen molar-refractivity contribution >= 4 is 21.8 Å². The molecular weight excluding hydrogens is 270 g/mol. The van der Waals surface area contributed by atoms with Crippen molar-refractivity contribution in [3.05, 3.63) is 0 Å². The minimum Gasteiger partial charge on any atom is -0.365 e. The van der Waals surface area contributed by atoms with Gasteiger partial charge in [-0.05, 0) is 32.6 Å². The number of hydrogen-bond acceptors (Lipinski definition) is 2. The highest BCUT2D eigenvalue weighted by molar-refractivity contribution is 9.09. The fourth-order valence-corrected chi connectivity index (χ4v) is 3.24. The zero-order valence-electron chi connectivity index (χ0n) is 9.75. The molecule has 1 N–H and O–H groups in total. The van der Waals surface area contributed by atoms with Gasteiger partial charge in [0.05, 0.1) is 6.10 Å². The van der Waals surface area contributed by atoms with Crippen LogP contribution in [-0.2, 0) is 9.53 Å². The van der Waals surface area contributed by atoms with Gasteiger partial charge in [0.1, 0.15) is 6.10 Å². The minimum atomic E-state index is -0.211. The Labute approximate surface area is 105 Å². The van der Waals surface area contributed by atoms with Crippen LogP contribution in [-0.4, -0.2) is 29.0 Å². The predicted molar refractivity (Wildman–Crippen MR) is 66.7 cm³/mol. The maximum atomic E-state index is 11.9. The van der Waals surface area contributed by atoms with Crippen molar-refractivity contribution in [2.24, 2.45) is 0 Å². The lowest BCUT2D eigenvalue weighted by atomic mass is 9.95. The molecule has 4 heteroatoms. The fourth-order valence-electron chi connectivity index (χ4n) is 2.52. The van der Waals surface area contributed by atoms with E-state index in [4.69, 9.17) is 4.74 Å². The summed E-state index contributed by atoms with van der Waals surface area (Å²) in [6, 6.07) is 0.292. The van der Waals surface area contributed by atoms with E-state index in [9.17, 15) is 4.79 Å². The lowest BCUT2D eigenvalue weighted by Gasteiger charge is -2.29. The zero-order valence-corrected chi connectivity index (χ0v) is 11.3. The van der Waals surface area contributed by atoms with Crippen LogP contribution >= 0.6 is 15.9 Å². The average Bonchev–Trinajstić information content (AvgIpc) is 2.68. The van der Waals surface area contributed by atoms with Crippen LogP contribution < -0.4 is 5.32 Å². The molecule has 3 nitrogen and oxygen atoms in total. The summed E-state index contributed by atoms with van der Waals surface area (Å²) in [5.74, 6) is 0.0840. The standard InChI is InChI=1S/C12H20BrNO2/c1-8-6-7-11(16-8)12(15)14-10-5-3-2-4-9(10)13/h8-11H,2-7H2,1H3,(H,14,15). The Morgan fingerprint density at radius 2 is 2.00 bits per heavy atom. The highest BCUT2D eigenvalue weighted by Gasteiger charge is 2.31. The highest BCUT2D eigenvalue weighted by Crippen LogP contribution is 2.25. The van der Waals surface area contributed by atoms with Crippen LogP contribution in [0.1, 0.15) is 45.4 Å². The average molecular weight is 290 g/mol. The maximum Gasteiger partial charge on any atom is 0.249 e. The summed E-state index contributed by atoms with van der Waals surface area (Å²) in [4.78, 5) is 12.4. The number of nitrogens with one attached hydrogen (secondary N) is 1. The largest absolute Gasteiger partial charge is 0.365 e. The first-order valence-corrected chi connectivity index (χ1v) is 7.18. The van der Waals surface area contributed by atoms with E-state index in [0.29, 0.717) is 10.9 Å². The van der Waals surface area contributed by atoms with E-state index < -0.39 is 0 Å². The molecule has 16 heavy (non-hydrogen) atoms. The first-order chi connectivity index (χ1) is 7.66. The summed E-state index contributed by atoms with van der Waals surface area (Å²) in [5, 5.41) is 3.12. The third-order valence-corrected chi connectivity index (χ3v) is 4.63. The fraction of sp³-hybridized carbons (Fsp3) is 0.917. The summed E-state index contributed by atoms with van der Waals surface area (Å²) < 4.78 is 5.57. The van der Waals surface area contributed by atoms with E-state index in [-0.39, 0.29) is 18.1 Å². The van der Waals surface area contributed by atoms with Crippen molar-refractivity contribution in [3.8, 4) is 0 Å². The van der Waals surface area contributed by atoms with Gasteiger partial charge in [0.2, 0.25) is 5.91 Å². The van der Waals surface area contributed by atoms with Gasteiger partial charge in [-0.25, -0.2) is 0 Å². The molecule has 1 saturated carbocycles. The van der Waals surface area contributed by atoms with Gasteiger partial charge >= 0.3 is 0 Å². The molecule has 0 aromatic heterocycles. The van der Waals surface area contributed by atoms with Crippen LogP contribution in [0.2, 0.25) is 0 Å². The molecule has 1 aliphatic heterocycles. The highest BCUT2D eigenvalue weighted by atomic mass is 79.9. The van der Waals surface area contributed by atoms with E-state index in [1.165, 1.54) is 12.8 Å². The van der Waals surface area contributed by atoms with E-state index in [0.717, 1.165) is 25.7 Å². The molecule has 0 aromatic carbocycles. The Balaban J connectivity index is 1.82. The molecule has 1 amide bonds. The Hall–Kier alpha value is -0.0900. The third-order valence-electron chi connectivity index (χ3n) is 3.53. The smallest absolute Gasteiger partial charge is 0.249 e. The number of amides is 1. The van der Waals surface area contributed by atoms with Crippen molar-refractivity contribution in [2.45, 2.75) is 68.5 Å². The summed E-state index contributed by atoms with van der Waals surface area (Å²) in [5.41, 5.74) is 0.